The summed E-state index contributed by atoms with van der Waals surface area (Å²) in [5.74, 6) is 1.72. The topological polar surface area (TPSA) is 52.6 Å². The molecule has 4 nitrogen and oxygen atoms in total. The third-order valence-electron chi connectivity index (χ3n) is 4.69. The van der Waals surface area contributed by atoms with E-state index in [1.54, 1.807) is 0 Å². The Labute approximate surface area is 102 Å². The molecule has 2 N–H and O–H groups in total. The number of hydrogen-bond acceptors (Lipinski definition) is 3. The lowest BCUT2D eigenvalue weighted by Gasteiger charge is -2.22. The number of aliphatic hydroxyl groups is 1. The summed E-state index contributed by atoms with van der Waals surface area (Å²) in [6.45, 7) is 2.48. The molecule has 3 rings (SSSR count). The standard InChI is InChI=1S/C13H22N2O2/c16-11-5-12(14-6-11)13(17)15-7-9-3-1-2-4-10(9)8-15/h9-12,14,16H,1-8H2. The predicted molar refractivity (Wildman–Crippen MR) is 64.4 cm³/mol. The fourth-order valence-corrected chi connectivity index (χ4v) is 3.71. The van der Waals surface area contributed by atoms with E-state index < -0.39 is 0 Å². The van der Waals surface area contributed by atoms with Crippen molar-refractivity contribution in [2.45, 2.75) is 44.2 Å². The molecule has 0 aromatic heterocycles. The lowest BCUT2D eigenvalue weighted by Crippen LogP contribution is -2.42. The summed E-state index contributed by atoms with van der Waals surface area (Å²) in [7, 11) is 0. The van der Waals surface area contributed by atoms with Gasteiger partial charge in [-0.3, -0.25) is 4.79 Å². The zero-order chi connectivity index (χ0) is 11.8. The van der Waals surface area contributed by atoms with E-state index in [0.717, 1.165) is 24.9 Å². The molecule has 4 unspecified atom stereocenters. The quantitative estimate of drug-likeness (QED) is 0.693. The second-order valence-electron chi connectivity index (χ2n) is 5.90. The van der Waals surface area contributed by atoms with Crippen LogP contribution in [0.1, 0.15) is 32.1 Å². The number of carbonyl (C=O) groups excluding carboxylic acids is 1. The third-order valence-corrected chi connectivity index (χ3v) is 4.69. The number of hydrogen-bond donors (Lipinski definition) is 2. The first-order chi connectivity index (χ1) is 8.24. The van der Waals surface area contributed by atoms with Gasteiger partial charge in [-0.05, 0) is 31.1 Å². The first-order valence-electron chi connectivity index (χ1n) is 6.94. The van der Waals surface area contributed by atoms with Crippen LogP contribution in [0.3, 0.4) is 0 Å². The number of amides is 1. The molecule has 2 aliphatic heterocycles. The van der Waals surface area contributed by atoms with Crippen LogP contribution < -0.4 is 5.32 Å². The van der Waals surface area contributed by atoms with Gasteiger partial charge in [0, 0.05) is 19.6 Å². The van der Waals surface area contributed by atoms with Gasteiger partial charge in [0.15, 0.2) is 0 Å². The Morgan fingerprint density at radius 1 is 1.18 bits per heavy atom. The van der Waals surface area contributed by atoms with Crippen LogP contribution >= 0.6 is 0 Å². The molecule has 96 valence electrons. The highest BCUT2D eigenvalue weighted by molar-refractivity contribution is 5.82. The molecule has 4 heteroatoms. The van der Waals surface area contributed by atoms with Crippen LogP contribution in [-0.4, -0.2) is 47.7 Å². The minimum atomic E-state index is -0.339. The molecule has 1 amide bonds. The van der Waals surface area contributed by atoms with Gasteiger partial charge in [-0.25, -0.2) is 0 Å². The maximum atomic E-state index is 12.3. The number of nitrogens with zero attached hydrogens (tertiary/aromatic N) is 1. The molecule has 0 radical (unpaired) electrons. The maximum absolute atomic E-state index is 12.3. The minimum Gasteiger partial charge on any atom is -0.392 e. The van der Waals surface area contributed by atoms with Gasteiger partial charge in [0.25, 0.3) is 0 Å². The Morgan fingerprint density at radius 2 is 1.82 bits per heavy atom. The summed E-state index contributed by atoms with van der Waals surface area (Å²) in [6.07, 6.45) is 5.52. The molecule has 1 aliphatic carbocycles. The second kappa shape index (κ2) is 4.58. The molecule has 0 aromatic carbocycles. The molecular formula is C13H22N2O2. The first-order valence-corrected chi connectivity index (χ1v) is 6.94. The number of fused-ring (bicyclic) bond motifs is 1. The molecule has 2 heterocycles. The van der Waals surface area contributed by atoms with Crippen molar-refractivity contribution in [2.24, 2.45) is 11.8 Å². The molecule has 0 bridgehead atoms. The number of aliphatic hydroxyl groups excluding tert-OH is 1. The van der Waals surface area contributed by atoms with Gasteiger partial charge in [-0.2, -0.15) is 0 Å². The normalized spacial score (nSPS) is 41.6. The van der Waals surface area contributed by atoms with Gasteiger partial charge in [0.2, 0.25) is 5.91 Å². The summed E-state index contributed by atoms with van der Waals surface area (Å²) >= 11 is 0. The fourth-order valence-electron chi connectivity index (χ4n) is 3.71. The number of carbonyl (C=O) groups is 1. The smallest absolute Gasteiger partial charge is 0.239 e. The average Bonchev–Trinajstić information content (AvgIpc) is 2.93. The lowest BCUT2D eigenvalue weighted by atomic mass is 9.82. The van der Waals surface area contributed by atoms with Crippen molar-refractivity contribution in [3.63, 3.8) is 0 Å². The molecule has 3 aliphatic rings. The highest BCUT2D eigenvalue weighted by atomic mass is 16.3. The Morgan fingerprint density at radius 3 is 2.35 bits per heavy atom. The SMILES string of the molecule is O=C(C1CC(O)CN1)N1CC2CCCCC2C1. The average molecular weight is 238 g/mol. The third kappa shape index (κ3) is 2.20. The van der Waals surface area contributed by atoms with E-state index in [-0.39, 0.29) is 18.1 Å². The molecule has 0 aromatic rings. The van der Waals surface area contributed by atoms with Gasteiger partial charge in [0.1, 0.15) is 0 Å². The van der Waals surface area contributed by atoms with Crippen molar-refractivity contribution in [1.29, 1.82) is 0 Å². The van der Waals surface area contributed by atoms with Crippen molar-refractivity contribution in [2.75, 3.05) is 19.6 Å². The van der Waals surface area contributed by atoms with E-state index in [2.05, 4.69) is 5.32 Å². The highest BCUT2D eigenvalue weighted by Gasteiger charge is 2.39. The van der Waals surface area contributed by atoms with E-state index in [1.807, 2.05) is 4.90 Å². The van der Waals surface area contributed by atoms with Crippen molar-refractivity contribution >= 4 is 5.91 Å². The van der Waals surface area contributed by atoms with Crippen molar-refractivity contribution < 1.29 is 9.90 Å². The predicted octanol–water partition coefficient (Wildman–Crippen LogP) is 0.358. The molecule has 4 atom stereocenters. The van der Waals surface area contributed by atoms with E-state index in [4.69, 9.17) is 0 Å². The fraction of sp³-hybridized carbons (Fsp3) is 0.923. The van der Waals surface area contributed by atoms with Gasteiger partial charge in [0.05, 0.1) is 12.1 Å². The zero-order valence-electron chi connectivity index (χ0n) is 10.3. The van der Waals surface area contributed by atoms with Gasteiger partial charge in [-0.1, -0.05) is 12.8 Å². The molecule has 2 saturated heterocycles. The van der Waals surface area contributed by atoms with Crippen LogP contribution in [0.5, 0.6) is 0 Å². The van der Waals surface area contributed by atoms with Crippen molar-refractivity contribution in [1.82, 2.24) is 10.2 Å². The number of likely N-dealkylation sites (tertiary alicyclic amines) is 1. The largest absolute Gasteiger partial charge is 0.392 e. The minimum absolute atomic E-state index is 0.134. The summed E-state index contributed by atoms with van der Waals surface area (Å²) in [5.41, 5.74) is 0. The van der Waals surface area contributed by atoms with Gasteiger partial charge in [-0.15, -0.1) is 0 Å². The van der Waals surface area contributed by atoms with Crippen molar-refractivity contribution in [3.05, 3.63) is 0 Å². The first kappa shape index (κ1) is 11.5. The summed E-state index contributed by atoms with van der Waals surface area (Å²) < 4.78 is 0. The van der Waals surface area contributed by atoms with Crippen LogP contribution in [0.2, 0.25) is 0 Å². The second-order valence-corrected chi connectivity index (χ2v) is 5.90. The zero-order valence-corrected chi connectivity index (χ0v) is 10.3. The Hall–Kier alpha value is -0.610. The van der Waals surface area contributed by atoms with Crippen LogP contribution in [0.15, 0.2) is 0 Å². The van der Waals surface area contributed by atoms with Gasteiger partial charge < -0.3 is 15.3 Å². The van der Waals surface area contributed by atoms with E-state index in [0.29, 0.717) is 13.0 Å². The number of β-amino-alcohol motifs (C(OH)–C–C–N with tert-alkyl or cyclic N) is 1. The van der Waals surface area contributed by atoms with Crippen molar-refractivity contribution in [3.8, 4) is 0 Å². The number of rotatable bonds is 1. The molecule has 3 fully saturated rings. The summed E-state index contributed by atoms with van der Waals surface area (Å²) in [5, 5.41) is 12.6. The van der Waals surface area contributed by atoms with Gasteiger partial charge >= 0.3 is 0 Å². The van der Waals surface area contributed by atoms with Crippen LogP contribution in [0.4, 0.5) is 0 Å². The van der Waals surface area contributed by atoms with Crippen LogP contribution in [0, 0.1) is 11.8 Å². The molecular weight excluding hydrogens is 216 g/mol. The molecule has 17 heavy (non-hydrogen) atoms. The highest BCUT2D eigenvalue weighted by Crippen LogP contribution is 2.36. The molecule has 1 saturated carbocycles. The monoisotopic (exact) mass is 238 g/mol. The lowest BCUT2D eigenvalue weighted by molar-refractivity contribution is -0.132. The Kier molecular flexibility index (Phi) is 3.09. The van der Waals surface area contributed by atoms with E-state index in [1.165, 1.54) is 25.7 Å². The summed E-state index contributed by atoms with van der Waals surface area (Å²) in [4.78, 5) is 14.3. The summed E-state index contributed by atoms with van der Waals surface area (Å²) in [6, 6.07) is -0.134. The molecule has 0 spiro atoms. The Bertz CT molecular complexity index is 294. The van der Waals surface area contributed by atoms with E-state index in [9.17, 15) is 9.90 Å². The van der Waals surface area contributed by atoms with Crippen LogP contribution in [-0.2, 0) is 4.79 Å². The van der Waals surface area contributed by atoms with E-state index >= 15 is 0 Å². The Balaban J connectivity index is 1.60. The number of nitrogens with one attached hydrogen (secondary N) is 1. The van der Waals surface area contributed by atoms with Crippen LogP contribution in [0.25, 0.3) is 0 Å². The maximum Gasteiger partial charge on any atom is 0.239 e.